The lowest BCUT2D eigenvalue weighted by molar-refractivity contribution is -0.140. The number of methoxy groups -OCH3 is 1. The summed E-state index contributed by atoms with van der Waals surface area (Å²) < 4.78 is 16.9. The fraction of sp³-hybridized carbons (Fsp3) is 0.333. The van der Waals surface area contributed by atoms with Crippen LogP contribution in [0.5, 0.6) is 17.2 Å². The largest absolute Gasteiger partial charge is 0.507 e. The molecule has 1 unspecified atom stereocenters. The van der Waals surface area contributed by atoms with Crippen LogP contribution in [0.1, 0.15) is 68.8 Å². The number of amides is 1. The Morgan fingerprint density at radius 3 is 2.30 bits per heavy atom. The molecule has 210 valence electrons. The second-order valence-electron chi connectivity index (χ2n) is 10.4. The summed E-state index contributed by atoms with van der Waals surface area (Å²) >= 11 is 0. The first-order valence-corrected chi connectivity index (χ1v) is 13.6. The smallest absolute Gasteiger partial charge is 0.295 e. The van der Waals surface area contributed by atoms with Crippen molar-refractivity contribution in [2.75, 3.05) is 13.7 Å². The number of carbonyl (C=O) groups excluding carboxylic acids is 2. The summed E-state index contributed by atoms with van der Waals surface area (Å²) in [5.41, 5.74) is 2.89. The van der Waals surface area contributed by atoms with Gasteiger partial charge >= 0.3 is 0 Å². The minimum absolute atomic E-state index is 0.0376. The molecule has 0 radical (unpaired) electrons. The third-order valence-electron chi connectivity index (χ3n) is 6.80. The molecule has 1 aliphatic rings. The molecule has 1 saturated heterocycles. The Bertz CT molecular complexity index is 1410. The molecular weight excluding hydrogens is 506 g/mol. The molecule has 40 heavy (non-hydrogen) atoms. The van der Waals surface area contributed by atoms with Gasteiger partial charge in [-0.2, -0.15) is 0 Å². The fourth-order valence-corrected chi connectivity index (χ4v) is 4.93. The van der Waals surface area contributed by atoms with Crippen LogP contribution >= 0.6 is 0 Å². The van der Waals surface area contributed by atoms with Crippen molar-refractivity contribution in [3.8, 4) is 17.2 Å². The maximum Gasteiger partial charge on any atom is 0.295 e. The van der Waals surface area contributed by atoms with Crippen molar-refractivity contribution in [2.24, 2.45) is 0 Å². The molecule has 1 heterocycles. The van der Waals surface area contributed by atoms with Crippen LogP contribution in [0, 0.1) is 0 Å². The molecule has 1 fully saturated rings. The molecule has 7 heteroatoms. The molecule has 0 spiro atoms. The highest BCUT2D eigenvalue weighted by atomic mass is 16.5. The molecule has 0 bridgehead atoms. The van der Waals surface area contributed by atoms with E-state index in [0.29, 0.717) is 23.5 Å². The normalized spacial score (nSPS) is 16.6. The zero-order valence-electron chi connectivity index (χ0n) is 23.9. The van der Waals surface area contributed by atoms with Gasteiger partial charge in [-0.1, -0.05) is 38.1 Å². The van der Waals surface area contributed by atoms with E-state index in [1.165, 1.54) is 4.90 Å². The van der Waals surface area contributed by atoms with Crippen molar-refractivity contribution in [1.29, 1.82) is 0 Å². The van der Waals surface area contributed by atoms with Crippen molar-refractivity contribution in [2.45, 2.75) is 59.2 Å². The zero-order valence-corrected chi connectivity index (χ0v) is 23.9. The van der Waals surface area contributed by atoms with Crippen LogP contribution in [0.4, 0.5) is 0 Å². The highest BCUT2D eigenvalue weighted by molar-refractivity contribution is 6.46. The predicted octanol–water partition coefficient (Wildman–Crippen LogP) is 6.63. The summed E-state index contributed by atoms with van der Waals surface area (Å²) in [5, 5.41) is 11.6. The summed E-state index contributed by atoms with van der Waals surface area (Å²) in [5.74, 6) is 0.525. The van der Waals surface area contributed by atoms with Gasteiger partial charge in [0.1, 0.15) is 23.0 Å². The van der Waals surface area contributed by atoms with Crippen LogP contribution < -0.4 is 14.2 Å². The number of aliphatic hydroxyl groups is 1. The van der Waals surface area contributed by atoms with Gasteiger partial charge in [0.15, 0.2) is 0 Å². The van der Waals surface area contributed by atoms with Gasteiger partial charge in [0.2, 0.25) is 0 Å². The van der Waals surface area contributed by atoms with Crippen LogP contribution in [0.2, 0.25) is 0 Å². The van der Waals surface area contributed by atoms with E-state index in [0.717, 1.165) is 22.6 Å². The highest BCUT2D eigenvalue weighted by Crippen LogP contribution is 2.42. The van der Waals surface area contributed by atoms with Crippen LogP contribution in [-0.2, 0) is 16.1 Å². The Kier molecular flexibility index (Phi) is 8.83. The van der Waals surface area contributed by atoms with E-state index in [2.05, 4.69) is 0 Å². The van der Waals surface area contributed by atoms with Gasteiger partial charge in [0.05, 0.1) is 31.4 Å². The molecule has 0 aliphatic carbocycles. The summed E-state index contributed by atoms with van der Waals surface area (Å²) in [7, 11) is 1.56. The Hall–Kier alpha value is -4.26. The van der Waals surface area contributed by atoms with Crippen LogP contribution in [0.3, 0.4) is 0 Å². The lowest BCUT2D eigenvalue weighted by atomic mass is 9.93. The molecule has 1 atom stereocenters. The van der Waals surface area contributed by atoms with Crippen molar-refractivity contribution in [3.63, 3.8) is 0 Å². The van der Waals surface area contributed by atoms with E-state index >= 15 is 0 Å². The number of rotatable bonds is 10. The average Bonchev–Trinajstić information content (AvgIpc) is 3.18. The van der Waals surface area contributed by atoms with Crippen molar-refractivity contribution in [1.82, 2.24) is 4.90 Å². The van der Waals surface area contributed by atoms with E-state index in [1.54, 1.807) is 37.4 Å². The van der Waals surface area contributed by atoms with Crippen molar-refractivity contribution in [3.05, 3.63) is 94.6 Å². The minimum atomic E-state index is -0.809. The average molecular weight is 544 g/mol. The number of Topliss-reactive ketones (excluding diaryl/α,β-unsaturated/α-hetero) is 1. The van der Waals surface area contributed by atoms with Crippen molar-refractivity contribution >= 4 is 17.4 Å². The van der Waals surface area contributed by atoms with Gasteiger partial charge in [-0.25, -0.2) is 0 Å². The van der Waals surface area contributed by atoms with E-state index in [-0.39, 0.29) is 29.9 Å². The quantitative estimate of drug-likeness (QED) is 0.176. The van der Waals surface area contributed by atoms with Gasteiger partial charge in [0.25, 0.3) is 11.7 Å². The molecule has 4 rings (SSSR count). The van der Waals surface area contributed by atoms with E-state index < -0.39 is 17.7 Å². The van der Waals surface area contributed by atoms with E-state index in [4.69, 9.17) is 14.2 Å². The van der Waals surface area contributed by atoms with Gasteiger partial charge < -0.3 is 24.2 Å². The van der Waals surface area contributed by atoms with Gasteiger partial charge in [-0.05, 0) is 85.8 Å². The molecule has 3 aromatic rings. The number of carbonyl (C=O) groups is 2. The first-order valence-electron chi connectivity index (χ1n) is 13.6. The SMILES string of the molecule is CCOc1ccc(/C(O)=C2/C(=O)C(=O)N(Cc3ccc(OC(C)C)cc3)C2c2cccc(OC)c2)cc1C(C)C. The Morgan fingerprint density at radius 2 is 1.68 bits per heavy atom. The van der Waals surface area contributed by atoms with Gasteiger partial charge in [-0.15, -0.1) is 0 Å². The number of likely N-dealkylation sites (tertiary alicyclic amines) is 1. The van der Waals surface area contributed by atoms with E-state index in [9.17, 15) is 14.7 Å². The second-order valence-corrected chi connectivity index (χ2v) is 10.4. The minimum Gasteiger partial charge on any atom is -0.507 e. The van der Waals surface area contributed by atoms with E-state index in [1.807, 2.05) is 71.0 Å². The molecule has 0 saturated carbocycles. The second kappa shape index (κ2) is 12.3. The molecule has 1 N–H and O–H groups in total. The fourth-order valence-electron chi connectivity index (χ4n) is 4.93. The Labute approximate surface area is 236 Å². The molecular formula is C33H37NO6. The molecule has 1 aliphatic heterocycles. The lowest BCUT2D eigenvalue weighted by Gasteiger charge is -2.26. The van der Waals surface area contributed by atoms with Crippen LogP contribution in [0.25, 0.3) is 5.76 Å². The third kappa shape index (κ3) is 5.98. The molecule has 1 amide bonds. The van der Waals surface area contributed by atoms with Crippen molar-refractivity contribution < 1.29 is 28.9 Å². The van der Waals surface area contributed by atoms with Gasteiger partial charge in [0, 0.05) is 12.1 Å². The standard InChI is InChI=1S/C33H37NO6/c1-7-39-28-16-13-24(18-27(28)20(2)3)31(35)29-30(23-9-8-10-26(17-23)38-6)34(33(37)32(29)36)19-22-11-14-25(15-12-22)40-21(4)5/h8-18,20-21,30,35H,7,19H2,1-6H3/b31-29-. The molecule has 3 aromatic carbocycles. The Balaban J connectivity index is 1.82. The Morgan fingerprint density at radius 1 is 0.950 bits per heavy atom. The topological polar surface area (TPSA) is 85.3 Å². The number of nitrogens with zero attached hydrogens (tertiary/aromatic N) is 1. The van der Waals surface area contributed by atoms with Gasteiger partial charge in [-0.3, -0.25) is 9.59 Å². The number of hydrogen-bond acceptors (Lipinski definition) is 6. The number of ether oxygens (including phenoxy) is 3. The number of aliphatic hydroxyl groups excluding tert-OH is 1. The highest BCUT2D eigenvalue weighted by Gasteiger charge is 2.46. The summed E-state index contributed by atoms with van der Waals surface area (Å²) in [6, 6.07) is 19.2. The molecule has 7 nitrogen and oxygen atoms in total. The third-order valence-corrected chi connectivity index (χ3v) is 6.80. The van der Waals surface area contributed by atoms with Crippen LogP contribution in [0.15, 0.2) is 72.3 Å². The summed E-state index contributed by atoms with van der Waals surface area (Å²) in [4.78, 5) is 28.5. The first-order chi connectivity index (χ1) is 19.1. The maximum atomic E-state index is 13.5. The number of hydrogen-bond donors (Lipinski definition) is 1. The maximum absolute atomic E-state index is 13.5. The van der Waals surface area contributed by atoms with Crippen LogP contribution in [-0.4, -0.2) is 41.5 Å². The number of benzene rings is 3. The predicted molar refractivity (Wildman–Crippen MR) is 155 cm³/mol. The summed E-state index contributed by atoms with van der Waals surface area (Å²) in [6.45, 7) is 10.6. The zero-order chi connectivity index (χ0) is 29.0. The number of ketones is 1. The lowest BCUT2D eigenvalue weighted by Crippen LogP contribution is -2.29. The first kappa shape index (κ1) is 28.7. The summed E-state index contributed by atoms with van der Waals surface area (Å²) in [6.07, 6.45) is 0.0376. The monoisotopic (exact) mass is 543 g/mol. The molecule has 0 aromatic heterocycles.